The number of hydrogen-bond donors (Lipinski definition) is 0. The molecule has 0 spiro atoms. The van der Waals surface area contributed by atoms with Crippen LogP contribution in [0.15, 0.2) is 46.5 Å². The summed E-state index contributed by atoms with van der Waals surface area (Å²) in [4.78, 5) is 20.7. The number of fused-ring (bicyclic) bond motifs is 1. The molecule has 0 atom stereocenters. The first-order valence-electron chi connectivity index (χ1n) is 8.16. The van der Waals surface area contributed by atoms with Crippen molar-refractivity contribution < 1.29 is 8.42 Å². The number of nitrogens with zero attached hydrogens (tertiary/aromatic N) is 3. The van der Waals surface area contributed by atoms with E-state index in [2.05, 4.69) is 30.7 Å². The highest BCUT2D eigenvalue weighted by Crippen LogP contribution is 2.26. The van der Waals surface area contributed by atoms with Gasteiger partial charge in [-0.05, 0) is 22.6 Å². The predicted octanol–water partition coefficient (Wildman–Crippen LogP) is 2.70. The molecule has 7 heteroatoms. The van der Waals surface area contributed by atoms with Crippen molar-refractivity contribution in [1.29, 1.82) is 0 Å². The fraction of sp³-hybridized carbons (Fsp3) is 0.316. The highest BCUT2D eigenvalue weighted by molar-refractivity contribution is 7.90. The van der Waals surface area contributed by atoms with E-state index >= 15 is 0 Å². The van der Waals surface area contributed by atoms with Crippen molar-refractivity contribution in [2.24, 2.45) is 7.05 Å². The minimum absolute atomic E-state index is 0.0305. The Labute approximate surface area is 152 Å². The average Bonchev–Trinajstić information content (AvgIpc) is 2.56. The maximum absolute atomic E-state index is 12.8. The van der Waals surface area contributed by atoms with Gasteiger partial charge < -0.3 is 0 Å². The lowest BCUT2D eigenvalue weighted by molar-refractivity contribution is 0.590. The molecular weight excluding hydrogens is 350 g/mol. The second-order valence-corrected chi connectivity index (χ2v) is 9.36. The zero-order chi connectivity index (χ0) is 19.3. The maximum atomic E-state index is 12.8. The molecule has 26 heavy (non-hydrogen) atoms. The summed E-state index contributed by atoms with van der Waals surface area (Å²) in [6.07, 6.45) is 2.47. The van der Waals surface area contributed by atoms with Gasteiger partial charge in [0.1, 0.15) is 5.65 Å². The lowest BCUT2D eigenvalue weighted by Gasteiger charge is -2.19. The molecule has 0 amide bonds. The zero-order valence-corrected chi connectivity index (χ0v) is 16.3. The Hall–Kier alpha value is -2.54. The Kier molecular flexibility index (Phi) is 4.23. The third kappa shape index (κ3) is 3.26. The van der Waals surface area contributed by atoms with Crippen molar-refractivity contribution in [3.63, 3.8) is 0 Å². The molecule has 1 aromatic carbocycles. The Bertz CT molecular complexity index is 1160. The van der Waals surface area contributed by atoms with Gasteiger partial charge in [-0.3, -0.25) is 9.36 Å². The first kappa shape index (κ1) is 18.3. The second kappa shape index (κ2) is 6.02. The van der Waals surface area contributed by atoms with Gasteiger partial charge in [-0.25, -0.2) is 13.4 Å². The van der Waals surface area contributed by atoms with Crippen molar-refractivity contribution in [3.05, 3.63) is 52.4 Å². The third-order valence-electron chi connectivity index (χ3n) is 4.32. The van der Waals surface area contributed by atoms with E-state index in [-0.39, 0.29) is 16.1 Å². The predicted molar refractivity (Wildman–Crippen MR) is 102 cm³/mol. The van der Waals surface area contributed by atoms with E-state index in [1.807, 2.05) is 24.3 Å². The van der Waals surface area contributed by atoms with Crippen LogP contribution in [0.5, 0.6) is 0 Å². The van der Waals surface area contributed by atoms with Crippen molar-refractivity contribution in [3.8, 4) is 11.1 Å². The molecule has 0 radical (unpaired) electrons. The molecule has 0 fully saturated rings. The van der Waals surface area contributed by atoms with E-state index < -0.39 is 9.84 Å². The van der Waals surface area contributed by atoms with Crippen LogP contribution in [0.2, 0.25) is 0 Å². The van der Waals surface area contributed by atoms with E-state index in [1.165, 1.54) is 16.3 Å². The molecule has 0 saturated heterocycles. The minimum atomic E-state index is -3.54. The lowest BCUT2D eigenvalue weighted by atomic mass is 9.86. The molecule has 0 bridgehead atoms. The molecular formula is C19H21N3O3S. The van der Waals surface area contributed by atoms with Crippen LogP contribution in [0, 0.1) is 0 Å². The van der Waals surface area contributed by atoms with Crippen molar-refractivity contribution in [2.75, 3.05) is 6.26 Å². The number of sulfone groups is 1. The second-order valence-electron chi connectivity index (χ2n) is 7.45. The van der Waals surface area contributed by atoms with Crippen LogP contribution >= 0.6 is 0 Å². The van der Waals surface area contributed by atoms with Crippen LogP contribution in [0.25, 0.3) is 22.2 Å². The van der Waals surface area contributed by atoms with Gasteiger partial charge in [0.15, 0.2) is 0 Å². The minimum Gasteiger partial charge on any atom is -0.295 e. The smallest absolute Gasteiger partial charge is 0.259 e. The number of aryl methyl sites for hydroxylation is 1. The summed E-state index contributed by atoms with van der Waals surface area (Å²) < 4.78 is 24.7. The Morgan fingerprint density at radius 3 is 2.23 bits per heavy atom. The molecule has 0 aliphatic rings. The van der Waals surface area contributed by atoms with Crippen molar-refractivity contribution in [2.45, 2.75) is 31.3 Å². The molecule has 3 rings (SSSR count). The van der Waals surface area contributed by atoms with Gasteiger partial charge in [-0.15, -0.1) is 0 Å². The van der Waals surface area contributed by atoms with E-state index in [9.17, 15) is 13.2 Å². The van der Waals surface area contributed by atoms with Crippen LogP contribution in [0.3, 0.4) is 0 Å². The molecule has 2 aromatic heterocycles. The van der Waals surface area contributed by atoms with Crippen LogP contribution < -0.4 is 5.56 Å². The number of pyridine rings is 1. The van der Waals surface area contributed by atoms with Gasteiger partial charge in [0.05, 0.1) is 0 Å². The first-order chi connectivity index (χ1) is 12.0. The van der Waals surface area contributed by atoms with E-state index in [4.69, 9.17) is 0 Å². The molecule has 6 nitrogen and oxygen atoms in total. The van der Waals surface area contributed by atoms with Crippen LogP contribution in [0.1, 0.15) is 26.3 Å². The standard InChI is InChI=1S/C19H21N3O3S/c1-19(2,3)14-8-6-12(7-9-14)15-10-13-11-20-18(26(5,24)25)21-16(13)22(4)17(15)23/h6-11H,1-5H3. The molecule has 0 aliphatic carbocycles. The summed E-state index contributed by atoms with van der Waals surface area (Å²) in [6.45, 7) is 6.40. The summed E-state index contributed by atoms with van der Waals surface area (Å²) in [7, 11) is -1.96. The summed E-state index contributed by atoms with van der Waals surface area (Å²) in [6, 6.07) is 9.59. The van der Waals surface area contributed by atoms with E-state index in [1.54, 1.807) is 13.1 Å². The molecule has 0 aliphatic heterocycles. The first-order valence-corrected chi connectivity index (χ1v) is 10.1. The molecule has 2 heterocycles. The SMILES string of the molecule is Cn1c(=O)c(-c2ccc(C(C)(C)C)cc2)cc2cnc(S(C)(=O)=O)nc21. The van der Waals surface area contributed by atoms with Crippen LogP contribution in [-0.4, -0.2) is 29.2 Å². The summed E-state index contributed by atoms with van der Waals surface area (Å²) >= 11 is 0. The molecule has 0 N–H and O–H groups in total. The Morgan fingerprint density at radius 2 is 1.69 bits per heavy atom. The molecule has 3 aromatic rings. The average molecular weight is 371 g/mol. The van der Waals surface area contributed by atoms with E-state index in [0.717, 1.165) is 11.8 Å². The number of rotatable bonds is 2. The maximum Gasteiger partial charge on any atom is 0.259 e. The summed E-state index contributed by atoms with van der Waals surface area (Å²) in [5.41, 5.74) is 2.59. The van der Waals surface area contributed by atoms with Crippen LogP contribution in [0.4, 0.5) is 0 Å². The Morgan fingerprint density at radius 1 is 1.08 bits per heavy atom. The van der Waals surface area contributed by atoms with Gasteiger partial charge in [-0.2, -0.15) is 4.98 Å². The number of aromatic nitrogens is 3. The fourth-order valence-corrected chi connectivity index (χ4v) is 3.26. The van der Waals surface area contributed by atoms with Crippen molar-refractivity contribution >= 4 is 20.9 Å². The van der Waals surface area contributed by atoms with E-state index in [0.29, 0.717) is 16.6 Å². The normalized spacial score (nSPS) is 12.5. The summed E-state index contributed by atoms with van der Waals surface area (Å²) in [5.74, 6) is 0. The van der Waals surface area contributed by atoms with Gasteiger partial charge in [0.2, 0.25) is 15.0 Å². The topological polar surface area (TPSA) is 81.9 Å². The van der Waals surface area contributed by atoms with Gasteiger partial charge in [0, 0.05) is 30.4 Å². The fourth-order valence-electron chi connectivity index (χ4n) is 2.77. The monoisotopic (exact) mass is 371 g/mol. The summed E-state index contributed by atoms with van der Waals surface area (Å²) in [5, 5.41) is 0.316. The van der Waals surface area contributed by atoms with Gasteiger partial charge >= 0.3 is 0 Å². The highest BCUT2D eigenvalue weighted by atomic mass is 32.2. The molecule has 0 saturated carbocycles. The molecule has 0 unspecified atom stereocenters. The quantitative estimate of drug-likeness (QED) is 0.647. The van der Waals surface area contributed by atoms with Crippen LogP contribution in [-0.2, 0) is 22.3 Å². The Balaban J connectivity index is 2.20. The van der Waals surface area contributed by atoms with Crippen molar-refractivity contribution in [1.82, 2.24) is 14.5 Å². The van der Waals surface area contributed by atoms with Gasteiger partial charge in [0.25, 0.3) is 5.56 Å². The largest absolute Gasteiger partial charge is 0.295 e. The third-order valence-corrected chi connectivity index (χ3v) is 5.18. The number of benzene rings is 1. The highest BCUT2D eigenvalue weighted by Gasteiger charge is 2.17. The lowest BCUT2D eigenvalue weighted by Crippen LogP contribution is -2.20. The van der Waals surface area contributed by atoms with Gasteiger partial charge in [-0.1, -0.05) is 45.0 Å². The number of hydrogen-bond acceptors (Lipinski definition) is 5. The molecule has 136 valence electrons. The zero-order valence-electron chi connectivity index (χ0n) is 15.4.